The van der Waals surface area contributed by atoms with Gasteiger partial charge in [-0.2, -0.15) is 0 Å². The Balaban J connectivity index is 2.33. The molecular formula is C15H20BBrFNO3. The molecule has 0 aromatic carbocycles. The molecule has 120 valence electrons. The molecule has 0 saturated carbocycles. The van der Waals surface area contributed by atoms with E-state index in [1.165, 1.54) is 13.2 Å². The van der Waals surface area contributed by atoms with Crippen LogP contribution in [0.5, 0.6) is 5.88 Å². The van der Waals surface area contributed by atoms with Crippen molar-refractivity contribution in [1.82, 2.24) is 4.98 Å². The van der Waals surface area contributed by atoms with Crippen LogP contribution < -0.4 is 4.74 Å². The summed E-state index contributed by atoms with van der Waals surface area (Å²) >= 11 is 3.39. The Morgan fingerprint density at radius 3 is 2.36 bits per heavy atom. The number of aryl methyl sites for hydroxylation is 1. The Morgan fingerprint density at radius 2 is 1.86 bits per heavy atom. The highest BCUT2D eigenvalue weighted by atomic mass is 79.9. The molecule has 7 heteroatoms. The highest BCUT2D eigenvalue weighted by molar-refractivity contribution is 9.10. The molecular weight excluding hydrogens is 352 g/mol. The molecule has 1 aliphatic rings. The summed E-state index contributed by atoms with van der Waals surface area (Å²) in [5.41, 5.74) is -0.398. The second-order valence-electron chi connectivity index (χ2n) is 6.27. The molecule has 1 fully saturated rings. The van der Waals surface area contributed by atoms with Gasteiger partial charge in [0.2, 0.25) is 5.88 Å². The van der Waals surface area contributed by atoms with Gasteiger partial charge in [0.25, 0.3) is 0 Å². The number of methoxy groups -OCH3 is 1. The summed E-state index contributed by atoms with van der Waals surface area (Å²) in [6.45, 7) is 9.36. The molecule has 0 amide bonds. The van der Waals surface area contributed by atoms with Crippen LogP contribution in [0.4, 0.5) is 4.39 Å². The van der Waals surface area contributed by atoms with Gasteiger partial charge >= 0.3 is 7.12 Å². The van der Waals surface area contributed by atoms with Gasteiger partial charge in [0, 0.05) is 10.0 Å². The summed E-state index contributed by atoms with van der Waals surface area (Å²) in [6.07, 6.45) is 1.33. The van der Waals surface area contributed by atoms with E-state index in [-0.39, 0.29) is 0 Å². The topological polar surface area (TPSA) is 40.6 Å². The first kappa shape index (κ1) is 17.4. The summed E-state index contributed by atoms with van der Waals surface area (Å²) < 4.78 is 31.9. The molecule has 1 aromatic rings. The van der Waals surface area contributed by atoms with E-state index >= 15 is 0 Å². The smallest absolute Gasteiger partial charge is 0.481 e. The molecule has 0 N–H and O–H groups in total. The molecule has 2 heterocycles. The Morgan fingerprint density at radius 1 is 1.32 bits per heavy atom. The van der Waals surface area contributed by atoms with Crippen LogP contribution in [0.3, 0.4) is 0 Å². The van der Waals surface area contributed by atoms with Crippen LogP contribution in [0.2, 0.25) is 0 Å². The fraction of sp³-hybridized carbons (Fsp3) is 0.533. The van der Waals surface area contributed by atoms with Gasteiger partial charge in [-0.3, -0.25) is 0 Å². The van der Waals surface area contributed by atoms with Crippen LogP contribution >= 0.6 is 15.9 Å². The van der Waals surface area contributed by atoms with E-state index in [1.807, 2.05) is 34.6 Å². The van der Waals surface area contributed by atoms with Gasteiger partial charge in [0.05, 0.1) is 24.0 Å². The van der Waals surface area contributed by atoms with E-state index in [4.69, 9.17) is 14.0 Å². The monoisotopic (exact) mass is 371 g/mol. The van der Waals surface area contributed by atoms with Crippen LogP contribution in [-0.4, -0.2) is 30.4 Å². The Hall–Kier alpha value is -0.915. The van der Waals surface area contributed by atoms with Crippen LogP contribution in [-0.2, 0) is 9.31 Å². The molecule has 0 radical (unpaired) electrons. The number of pyridine rings is 1. The average molecular weight is 372 g/mol. The molecule has 22 heavy (non-hydrogen) atoms. The third-order valence-corrected chi connectivity index (χ3v) is 4.91. The van der Waals surface area contributed by atoms with Crippen LogP contribution in [0.25, 0.3) is 6.08 Å². The van der Waals surface area contributed by atoms with E-state index in [0.717, 1.165) is 10.2 Å². The SMILES string of the molecule is COc1nc(C)c(Br)cc1C=C(F)B1OC(C)(C)C(C)(C)O1. The van der Waals surface area contributed by atoms with Crippen molar-refractivity contribution < 1.29 is 18.4 Å². The lowest BCUT2D eigenvalue weighted by atomic mass is 9.87. The van der Waals surface area contributed by atoms with Crippen molar-refractivity contribution in [2.75, 3.05) is 7.11 Å². The summed E-state index contributed by atoms with van der Waals surface area (Å²) in [4.78, 5) is 4.27. The Kier molecular flexibility index (Phi) is 4.71. The van der Waals surface area contributed by atoms with Gasteiger partial charge in [-0.1, -0.05) is 0 Å². The quantitative estimate of drug-likeness (QED) is 0.750. The van der Waals surface area contributed by atoms with E-state index in [9.17, 15) is 4.39 Å². The maximum absolute atomic E-state index is 14.5. The van der Waals surface area contributed by atoms with Crippen molar-refractivity contribution in [2.24, 2.45) is 0 Å². The number of hydrogen-bond acceptors (Lipinski definition) is 4. The van der Waals surface area contributed by atoms with Gasteiger partial charge in [-0.05, 0) is 62.7 Å². The van der Waals surface area contributed by atoms with Crippen LogP contribution in [0.1, 0.15) is 39.0 Å². The summed E-state index contributed by atoms with van der Waals surface area (Å²) in [5.74, 6) is 0.354. The average Bonchev–Trinajstić information content (AvgIpc) is 2.62. The van der Waals surface area contributed by atoms with Gasteiger partial charge < -0.3 is 14.0 Å². The lowest BCUT2D eigenvalue weighted by Gasteiger charge is -2.32. The van der Waals surface area contributed by atoms with Crippen molar-refractivity contribution >= 4 is 29.1 Å². The number of halogens is 2. The Bertz CT molecular complexity index is 603. The molecule has 0 bridgehead atoms. The molecule has 2 rings (SSSR count). The van der Waals surface area contributed by atoms with Gasteiger partial charge in [0.15, 0.2) is 0 Å². The molecule has 0 unspecified atom stereocenters. The summed E-state index contributed by atoms with van der Waals surface area (Å²) in [6, 6.07) is 1.76. The zero-order valence-electron chi connectivity index (χ0n) is 13.7. The summed E-state index contributed by atoms with van der Waals surface area (Å²) in [7, 11) is 0.467. The number of ether oxygens (including phenoxy) is 1. The predicted molar refractivity (Wildman–Crippen MR) is 88.4 cm³/mol. The second kappa shape index (κ2) is 5.94. The zero-order chi connectivity index (χ0) is 16.7. The van der Waals surface area contributed by atoms with Gasteiger partial charge in [-0.25, -0.2) is 9.37 Å². The number of nitrogens with zero attached hydrogens (tertiary/aromatic N) is 1. The zero-order valence-corrected chi connectivity index (χ0v) is 15.2. The largest absolute Gasteiger partial charge is 0.525 e. The third kappa shape index (κ3) is 3.21. The number of aromatic nitrogens is 1. The number of hydrogen-bond donors (Lipinski definition) is 0. The van der Waals surface area contributed by atoms with E-state index in [1.54, 1.807) is 6.07 Å². The summed E-state index contributed by atoms with van der Waals surface area (Å²) in [5, 5.41) is 0. The van der Waals surface area contributed by atoms with Crippen molar-refractivity contribution in [1.29, 1.82) is 0 Å². The third-order valence-electron chi connectivity index (χ3n) is 4.11. The molecule has 1 aromatic heterocycles. The Labute approximate surface area is 139 Å². The minimum Gasteiger partial charge on any atom is -0.481 e. The van der Waals surface area contributed by atoms with Gasteiger partial charge in [0.1, 0.15) is 5.73 Å². The molecule has 0 aliphatic carbocycles. The second-order valence-corrected chi connectivity index (χ2v) is 7.13. The molecule has 0 atom stereocenters. The molecule has 1 aliphatic heterocycles. The molecule has 1 saturated heterocycles. The van der Waals surface area contributed by atoms with Crippen LogP contribution in [0.15, 0.2) is 16.3 Å². The van der Waals surface area contributed by atoms with Crippen molar-refractivity contribution in [2.45, 2.75) is 45.8 Å². The fourth-order valence-corrected chi connectivity index (χ4v) is 2.35. The van der Waals surface area contributed by atoms with Crippen molar-refractivity contribution in [3.63, 3.8) is 0 Å². The van der Waals surface area contributed by atoms with Crippen LogP contribution in [0, 0.1) is 6.92 Å². The fourth-order valence-electron chi connectivity index (χ4n) is 2.01. The first-order chi connectivity index (χ1) is 10.1. The molecule has 4 nitrogen and oxygen atoms in total. The number of rotatable bonds is 3. The van der Waals surface area contributed by atoms with E-state index in [0.29, 0.717) is 11.4 Å². The maximum atomic E-state index is 14.5. The molecule has 0 spiro atoms. The predicted octanol–water partition coefficient (Wildman–Crippen LogP) is 4.10. The lowest BCUT2D eigenvalue weighted by molar-refractivity contribution is 0.00578. The van der Waals surface area contributed by atoms with Crippen molar-refractivity contribution in [3.8, 4) is 5.88 Å². The van der Waals surface area contributed by atoms with E-state index < -0.39 is 24.0 Å². The lowest BCUT2D eigenvalue weighted by Crippen LogP contribution is -2.41. The van der Waals surface area contributed by atoms with E-state index in [2.05, 4.69) is 20.9 Å². The minimum atomic E-state index is -1.03. The first-order valence-corrected chi connectivity index (χ1v) is 7.80. The highest BCUT2D eigenvalue weighted by Gasteiger charge is 2.53. The minimum absolute atomic E-state index is 0.354. The first-order valence-electron chi connectivity index (χ1n) is 7.01. The highest BCUT2D eigenvalue weighted by Crippen LogP contribution is 2.39. The van der Waals surface area contributed by atoms with Crippen molar-refractivity contribution in [3.05, 3.63) is 27.5 Å². The van der Waals surface area contributed by atoms with Gasteiger partial charge in [-0.15, -0.1) is 0 Å². The maximum Gasteiger partial charge on any atom is 0.525 e. The normalized spacial score (nSPS) is 20.4. The standard InChI is InChI=1S/C15H20BBrFNO3/c1-9-11(17)7-10(13(19-9)20-6)8-12(18)16-21-14(2,3)15(4,5)22-16/h7-8H,1-6H3.